The first-order valence-electron chi connectivity index (χ1n) is 12.4. The fourth-order valence-electron chi connectivity index (χ4n) is 5.03. The van der Waals surface area contributed by atoms with Crippen LogP contribution >= 0.6 is 11.3 Å². The van der Waals surface area contributed by atoms with Crippen LogP contribution in [-0.4, -0.2) is 73.1 Å². The van der Waals surface area contributed by atoms with E-state index in [1.165, 1.54) is 16.8 Å². The molecule has 1 aromatic carbocycles. The van der Waals surface area contributed by atoms with Crippen molar-refractivity contribution in [3.05, 3.63) is 47.7 Å². The van der Waals surface area contributed by atoms with Crippen LogP contribution in [0.3, 0.4) is 0 Å². The average molecular weight is 479 g/mol. The van der Waals surface area contributed by atoms with Crippen molar-refractivity contribution in [1.82, 2.24) is 20.2 Å². The third kappa shape index (κ3) is 5.03. The molecule has 2 aliphatic heterocycles. The topological polar surface area (TPSA) is 64.6 Å². The lowest BCUT2D eigenvalue weighted by Gasteiger charge is -2.37. The van der Waals surface area contributed by atoms with Gasteiger partial charge in [-0.25, -0.2) is 9.97 Å². The van der Waals surface area contributed by atoms with Crippen molar-refractivity contribution in [1.29, 1.82) is 0 Å². The molecule has 180 valence electrons. The highest BCUT2D eigenvalue weighted by molar-refractivity contribution is 7.21. The van der Waals surface area contributed by atoms with E-state index in [1.54, 1.807) is 17.5 Å². The Bertz CT molecular complexity index is 1110. The van der Waals surface area contributed by atoms with Gasteiger partial charge in [-0.05, 0) is 56.0 Å². The minimum atomic E-state index is 0.0230. The van der Waals surface area contributed by atoms with Gasteiger partial charge in [0.1, 0.15) is 10.3 Å². The summed E-state index contributed by atoms with van der Waals surface area (Å²) in [6, 6.07) is 10.5. The first kappa shape index (κ1) is 23.1. The zero-order valence-electron chi connectivity index (χ0n) is 20.2. The molecular weight excluding hydrogens is 444 g/mol. The Balaban J connectivity index is 1.07. The van der Waals surface area contributed by atoms with Crippen molar-refractivity contribution in [2.24, 2.45) is 5.92 Å². The van der Waals surface area contributed by atoms with Gasteiger partial charge in [0.2, 0.25) is 5.91 Å². The molecule has 8 heteroatoms. The fourth-order valence-corrected chi connectivity index (χ4v) is 5.97. The minimum absolute atomic E-state index is 0.0230. The summed E-state index contributed by atoms with van der Waals surface area (Å²) in [5, 5.41) is 4.19. The van der Waals surface area contributed by atoms with Gasteiger partial charge in [0, 0.05) is 64.2 Å². The maximum Gasteiger partial charge on any atom is 0.224 e. The molecule has 34 heavy (non-hydrogen) atoms. The Morgan fingerprint density at radius 1 is 1.09 bits per heavy atom. The van der Waals surface area contributed by atoms with Crippen molar-refractivity contribution >= 4 is 38.4 Å². The van der Waals surface area contributed by atoms with Gasteiger partial charge in [-0.2, -0.15) is 0 Å². The van der Waals surface area contributed by atoms with Gasteiger partial charge in [-0.3, -0.25) is 9.69 Å². The fraction of sp³-hybridized carbons (Fsp3) is 0.500. The van der Waals surface area contributed by atoms with E-state index in [0.29, 0.717) is 6.54 Å². The lowest BCUT2D eigenvalue weighted by molar-refractivity contribution is -0.125. The van der Waals surface area contributed by atoms with Gasteiger partial charge in [-0.15, -0.1) is 0 Å². The van der Waals surface area contributed by atoms with Crippen LogP contribution in [0.5, 0.6) is 0 Å². The molecule has 0 saturated carbocycles. The standard InChI is InChI=1S/C26H34N6OS/c1-19-6-3-9-23(20(19)2)31-16-14-30(15-17-31)13-11-27-24(33)21-7-5-12-32(18-21)26-29-22-8-4-10-28-25(22)34-26/h3-4,6,8-10,21H,5,7,11-18H2,1-2H3,(H,27,33)/t21-/m1/s1. The van der Waals surface area contributed by atoms with Gasteiger partial charge in [0.05, 0.1) is 5.92 Å². The highest BCUT2D eigenvalue weighted by Crippen LogP contribution is 2.30. The molecule has 0 unspecified atom stereocenters. The maximum atomic E-state index is 12.9. The van der Waals surface area contributed by atoms with Crippen molar-refractivity contribution in [2.45, 2.75) is 26.7 Å². The Morgan fingerprint density at radius 2 is 1.94 bits per heavy atom. The number of carbonyl (C=O) groups is 1. The number of thiazole rings is 1. The Hall–Kier alpha value is -2.71. The molecule has 2 saturated heterocycles. The number of nitrogens with one attached hydrogen (secondary N) is 1. The molecule has 3 aromatic rings. The second kappa shape index (κ2) is 10.3. The second-order valence-corrected chi connectivity index (χ2v) is 10.4. The molecule has 2 aromatic heterocycles. The minimum Gasteiger partial charge on any atom is -0.369 e. The van der Waals surface area contributed by atoms with Gasteiger partial charge in [-0.1, -0.05) is 23.5 Å². The number of nitrogens with zero attached hydrogens (tertiary/aromatic N) is 5. The number of benzene rings is 1. The third-order valence-electron chi connectivity index (χ3n) is 7.23. The van der Waals surface area contributed by atoms with Crippen molar-refractivity contribution in [3.63, 3.8) is 0 Å². The quantitative estimate of drug-likeness (QED) is 0.585. The van der Waals surface area contributed by atoms with E-state index in [1.807, 2.05) is 12.1 Å². The van der Waals surface area contributed by atoms with E-state index >= 15 is 0 Å². The summed E-state index contributed by atoms with van der Waals surface area (Å²) < 4.78 is 0. The summed E-state index contributed by atoms with van der Waals surface area (Å²) >= 11 is 1.62. The van der Waals surface area contributed by atoms with Crippen LogP contribution < -0.4 is 15.1 Å². The van der Waals surface area contributed by atoms with Gasteiger partial charge < -0.3 is 15.1 Å². The van der Waals surface area contributed by atoms with E-state index in [9.17, 15) is 4.79 Å². The number of anilines is 2. The Labute approximate surface area is 205 Å². The number of piperazine rings is 1. The lowest BCUT2D eigenvalue weighted by atomic mass is 9.97. The molecule has 4 heterocycles. The molecule has 0 bridgehead atoms. The van der Waals surface area contributed by atoms with Crippen molar-refractivity contribution in [3.8, 4) is 0 Å². The molecular formula is C26H34N6OS. The molecule has 5 rings (SSSR count). The third-order valence-corrected chi connectivity index (χ3v) is 8.27. The Morgan fingerprint density at radius 3 is 2.76 bits per heavy atom. The molecule has 1 atom stereocenters. The zero-order valence-corrected chi connectivity index (χ0v) is 21.0. The number of pyridine rings is 1. The second-order valence-electron chi connectivity index (χ2n) is 9.45. The number of hydrogen-bond acceptors (Lipinski definition) is 7. The zero-order chi connectivity index (χ0) is 23.5. The van der Waals surface area contributed by atoms with Crippen LogP contribution in [-0.2, 0) is 4.79 Å². The molecule has 0 aliphatic carbocycles. The van der Waals surface area contributed by atoms with E-state index < -0.39 is 0 Å². The summed E-state index contributed by atoms with van der Waals surface area (Å²) in [6.07, 6.45) is 3.77. The van der Waals surface area contributed by atoms with Crippen molar-refractivity contribution in [2.75, 3.05) is 62.2 Å². The molecule has 2 fully saturated rings. The molecule has 0 spiro atoms. The van der Waals surface area contributed by atoms with Gasteiger partial charge in [0.25, 0.3) is 0 Å². The molecule has 1 N–H and O–H groups in total. The van der Waals surface area contributed by atoms with Crippen molar-refractivity contribution < 1.29 is 4.79 Å². The number of fused-ring (bicyclic) bond motifs is 1. The number of piperidine rings is 1. The summed E-state index contributed by atoms with van der Waals surface area (Å²) in [5.41, 5.74) is 5.03. The number of aromatic nitrogens is 2. The van der Waals surface area contributed by atoms with Gasteiger partial charge >= 0.3 is 0 Å². The van der Waals surface area contributed by atoms with Crippen LogP contribution in [0.1, 0.15) is 24.0 Å². The first-order chi connectivity index (χ1) is 16.6. The van der Waals surface area contributed by atoms with Crippen LogP contribution in [0.4, 0.5) is 10.8 Å². The molecule has 7 nitrogen and oxygen atoms in total. The van der Waals surface area contributed by atoms with Gasteiger partial charge in [0.15, 0.2) is 5.13 Å². The smallest absolute Gasteiger partial charge is 0.224 e. The van der Waals surface area contributed by atoms with Crippen LogP contribution in [0.15, 0.2) is 36.5 Å². The number of rotatable bonds is 6. The number of carbonyl (C=O) groups excluding carboxylic acids is 1. The van der Waals surface area contributed by atoms with Crippen LogP contribution in [0.25, 0.3) is 10.3 Å². The summed E-state index contributed by atoms with van der Waals surface area (Å²) in [4.78, 5) is 30.2. The molecule has 1 amide bonds. The predicted octanol–water partition coefficient (Wildman–Crippen LogP) is 3.46. The summed E-state index contributed by atoms with van der Waals surface area (Å²) in [6.45, 7) is 11.8. The highest BCUT2D eigenvalue weighted by atomic mass is 32.1. The average Bonchev–Trinajstić information content (AvgIpc) is 3.31. The SMILES string of the molecule is Cc1cccc(N2CCN(CCNC(=O)[C@@H]3CCCN(c4nc5cccnc5s4)C3)CC2)c1C. The summed E-state index contributed by atoms with van der Waals surface area (Å²) in [5.74, 6) is 0.202. The first-order valence-corrected chi connectivity index (χ1v) is 13.2. The number of aryl methyl sites for hydroxylation is 1. The Kier molecular flexibility index (Phi) is 6.97. The molecule has 0 radical (unpaired) electrons. The van der Waals surface area contributed by atoms with E-state index in [2.05, 4.69) is 57.0 Å². The van der Waals surface area contributed by atoms with Crippen LogP contribution in [0, 0.1) is 19.8 Å². The number of hydrogen-bond donors (Lipinski definition) is 1. The number of amides is 1. The highest BCUT2D eigenvalue weighted by Gasteiger charge is 2.27. The molecule has 2 aliphatic rings. The van der Waals surface area contributed by atoms with E-state index in [-0.39, 0.29) is 11.8 Å². The normalized spacial score (nSPS) is 19.5. The predicted molar refractivity (Wildman–Crippen MR) is 140 cm³/mol. The van der Waals surface area contributed by atoms with E-state index in [4.69, 9.17) is 4.98 Å². The maximum absolute atomic E-state index is 12.9. The monoisotopic (exact) mass is 478 g/mol. The summed E-state index contributed by atoms with van der Waals surface area (Å²) in [7, 11) is 0. The largest absolute Gasteiger partial charge is 0.369 e. The lowest BCUT2D eigenvalue weighted by Crippen LogP contribution is -2.49. The van der Waals surface area contributed by atoms with Crippen LogP contribution in [0.2, 0.25) is 0 Å². The van der Waals surface area contributed by atoms with E-state index in [0.717, 1.165) is 74.1 Å².